The van der Waals surface area contributed by atoms with Crippen LogP contribution in [0, 0.1) is 47.3 Å². The van der Waals surface area contributed by atoms with Crippen LogP contribution >= 0.6 is 0 Å². The van der Waals surface area contributed by atoms with E-state index in [9.17, 15) is 4.79 Å². The maximum absolute atomic E-state index is 12.0. The monoisotopic (exact) mass is 246 g/mol. The van der Waals surface area contributed by atoms with Gasteiger partial charge in [-0.1, -0.05) is 0 Å². The Labute approximate surface area is 106 Å². The first kappa shape index (κ1) is 9.35. The molecule has 0 aromatic rings. The SMILES string of the molecule is CCOC(=O)CC12OC3C4C5C(C41)[C@@H]1C[C@H]5C3C12. The summed E-state index contributed by atoms with van der Waals surface area (Å²) < 4.78 is 11.7. The minimum Gasteiger partial charge on any atom is -0.466 e. The second-order valence-electron chi connectivity index (χ2n) is 7.44. The van der Waals surface area contributed by atoms with Gasteiger partial charge in [-0.25, -0.2) is 0 Å². The zero-order chi connectivity index (χ0) is 11.8. The molecular weight excluding hydrogens is 228 g/mol. The second kappa shape index (κ2) is 2.39. The van der Waals surface area contributed by atoms with Crippen molar-refractivity contribution < 1.29 is 14.3 Å². The molecule has 5 aliphatic carbocycles. The number of carbonyl (C=O) groups excluding carboxylic acids is 1. The number of esters is 1. The predicted molar refractivity (Wildman–Crippen MR) is 61.4 cm³/mol. The molecule has 4 bridgehead atoms. The highest BCUT2D eigenvalue weighted by Gasteiger charge is 2.92. The van der Waals surface area contributed by atoms with Crippen molar-refractivity contribution in [1.82, 2.24) is 0 Å². The Morgan fingerprint density at radius 2 is 2.11 bits per heavy atom. The topological polar surface area (TPSA) is 35.5 Å². The molecule has 0 N–H and O–H groups in total. The molecule has 0 radical (unpaired) electrons. The lowest BCUT2D eigenvalue weighted by atomic mass is 9.57. The maximum atomic E-state index is 12.0. The molecule has 0 aromatic heterocycles. The molecule has 10 atom stereocenters. The van der Waals surface area contributed by atoms with Gasteiger partial charge in [0.2, 0.25) is 0 Å². The number of hydrogen-bond donors (Lipinski definition) is 0. The van der Waals surface area contributed by atoms with E-state index in [1.54, 1.807) is 0 Å². The van der Waals surface area contributed by atoms with Gasteiger partial charge in [0.25, 0.3) is 0 Å². The highest BCUT2D eigenvalue weighted by Crippen LogP contribution is 2.90. The van der Waals surface area contributed by atoms with Crippen molar-refractivity contribution in [3.05, 3.63) is 0 Å². The fourth-order valence-electron chi connectivity index (χ4n) is 7.92. The van der Waals surface area contributed by atoms with Crippen molar-refractivity contribution in [3.8, 4) is 0 Å². The highest BCUT2D eigenvalue weighted by atomic mass is 16.5. The van der Waals surface area contributed by atoms with Crippen LogP contribution in [0.2, 0.25) is 0 Å². The first-order chi connectivity index (χ1) is 8.78. The average molecular weight is 246 g/mol. The third kappa shape index (κ3) is 0.612. The van der Waals surface area contributed by atoms with Crippen LogP contribution in [0.3, 0.4) is 0 Å². The molecule has 0 aromatic carbocycles. The van der Waals surface area contributed by atoms with Crippen molar-refractivity contribution >= 4 is 5.97 Å². The molecule has 7 fully saturated rings. The molecule has 0 amide bonds. The largest absolute Gasteiger partial charge is 0.466 e. The van der Waals surface area contributed by atoms with Gasteiger partial charge in [0.05, 0.1) is 24.7 Å². The van der Waals surface area contributed by atoms with Crippen molar-refractivity contribution in [1.29, 1.82) is 0 Å². The Balaban J connectivity index is 1.45. The molecular formula is C15H18O3. The lowest BCUT2D eigenvalue weighted by molar-refractivity contribution is -0.151. The van der Waals surface area contributed by atoms with Crippen LogP contribution in [0.1, 0.15) is 19.8 Å². The van der Waals surface area contributed by atoms with Crippen LogP contribution in [-0.2, 0) is 14.3 Å². The van der Waals surface area contributed by atoms with Gasteiger partial charge in [-0.2, -0.15) is 0 Å². The van der Waals surface area contributed by atoms with E-state index in [0.29, 0.717) is 19.1 Å². The molecule has 2 heterocycles. The Morgan fingerprint density at radius 1 is 1.22 bits per heavy atom. The molecule has 18 heavy (non-hydrogen) atoms. The second-order valence-corrected chi connectivity index (χ2v) is 7.44. The quantitative estimate of drug-likeness (QED) is 0.707. The van der Waals surface area contributed by atoms with Crippen molar-refractivity contribution in [2.75, 3.05) is 6.61 Å². The Bertz CT molecular complexity index is 478. The maximum Gasteiger partial charge on any atom is 0.308 e. The lowest BCUT2D eigenvalue weighted by Crippen LogP contribution is -2.49. The summed E-state index contributed by atoms with van der Waals surface area (Å²) >= 11 is 0. The van der Waals surface area contributed by atoms with Crippen molar-refractivity contribution in [2.45, 2.75) is 31.5 Å². The number of rotatable bonds is 3. The molecule has 2 saturated heterocycles. The van der Waals surface area contributed by atoms with Crippen LogP contribution in [-0.4, -0.2) is 24.3 Å². The zero-order valence-corrected chi connectivity index (χ0v) is 10.5. The van der Waals surface area contributed by atoms with Gasteiger partial charge in [0, 0.05) is 0 Å². The lowest BCUT2D eigenvalue weighted by Gasteiger charge is -2.45. The number of carbonyl (C=O) groups is 1. The first-order valence-corrected chi connectivity index (χ1v) is 7.61. The van der Waals surface area contributed by atoms with Crippen molar-refractivity contribution in [3.63, 3.8) is 0 Å². The predicted octanol–water partition coefficient (Wildman–Crippen LogP) is 1.46. The minimum absolute atomic E-state index is 0.0225. The molecule has 8 unspecified atom stereocenters. The van der Waals surface area contributed by atoms with E-state index in [0.717, 1.165) is 47.3 Å². The molecule has 0 spiro atoms. The molecule has 96 valence electrons. The summed E-state index contributed by atoms with van der Waals surface area (Å²) in [7, 11) is 0. The first-order valence-electron chi connectivity index (χ1n) is 7.61. The van der Waals surface area contributed by atoms with E-state index in [2.05, 4.69) is 0 Å². The third-order valence-corrected chi connectivity index (χ3v) is 7.59. The summed E-state index contributed by atoms with van der Waals surface area (Å²) in [6.07, 6.45) is 2.54. The van der Waals surface area contributed by atoms with Gasteiger partial charge in [0.15, 0.2) is 0 Å². The van der Waals surface area contributed by atoms with E-state index >= 15 is 0 Å². The van der Waals surface area contributed by atoms with Crippen LogP contribution in [0.15, 0.2) is 0 Å². The van der Waals surface area contributed by atoms with Crippen LogP contribution < -0.4 is 0 Å². The summed E-state index contributed by atoms with van der Waals surface area (Å²) in [6.45, 7) is 2.39. The normalized spacial score (nSPS) is 70.4. The minimum atomic E-state index is -0.0661. The van der Waals surface area contributed by atoms with Crippen LogP contribution in [0.5, 0.6) is 0 Å². The summed E-state index contributed by atoms with van der Waals surface area (Å²) in [6, 6.07) is 0. The average Bonchev–Trinajstić information content (AvgIpc) is 2.89. The van der Waals surface area contributed by atoms with E-state index in [4.69, 9.17) is 9.47 Å². The fourth-order valence-corrected chi connectivity index (χ4v) is 7.92. The number of ether oxygens (including phenoxy) is 2. The Hall–Kier alpha value is -0.570. The van der Waals surface area contributed by atoms with Gasteiger partial charge in [-0.15, -0.1) is 0 Å². The van der Waals surface area contributed by atoms with Gasteiger partial charge < -0.3 is 9.47 Å². The van der Waals surface area contributed by atoms with Gasteiger partial charge in [-0.3, -0.25) is 4.79 Å². The van der Waals surface area contributed by atoms with Gasteiger partial charge in [-0.05, 0) is 60.7 Å². The summed E-state index contributed by atoms with van der Waals surface area (Å²) in [5.41, 5.74) is -0.0661. The Kier molecular flexibility index (Phi) is 1.24. The Morgan fingerprint density at radius 3 is 2.94 bits per heavy atom. The summed E-state index contributed by atoms with van der Waals surface area (Å²) in [5, 5.41) is 0. The standard InChI is InChI=1S/C15H18O3/c1-2-17-7(16)4-15-12-6-3-5-8-9(6)13(15)11(8)14(18-15)10(5)12/h5-6,8-14H,2-4H2,1H3/t5-,6+,8?,9?,10?,11?,12?,13?,14?,15?/m1/s1. The third-order valence-electron chi connectivity index (χ3n) is 7.59. The molecule has 2 aliphatic heterocycles. The highest BCUT2D eigenvalue weighted by molar-refractivity contribution is 5.72. The summed E-state index contributed by atoms with van der Waals surface area (Å²) in [4.78, 5) is 12.0. The van der Waals surface area contributed by atoms with Crippen LogP contribution in [0.4, 0.5) is 0 Å². The van der Waals surface area contributed by atoms with E-state index in [-0.39, 0.29) is 11.6 Å². The summed E-state index contributed by atoms with van der Waals surface area (Å²) in [5.74, 6) is 6.91. The van der Waals surface area contributed by atoms with Crippen molar-refractivity contribution in [2.24, 2.45) is 47.3 Å². The molecule has 3 nitrogen and oxygen atoms in total. The zero-order valence-electron chi connectivity index (χ0n) is 10.5. The van der Waals surface area contributed by atoms with Gasteiger partial charge >= 0.3 is 5.97 Å². The molecule has 5 saturated carbocycles. The smallest absolute Gasteiger partial charge is 0.308 e. The van der Waals surface area contributed by atoms with E-state index in [1.165, 1.54) is 6.42 Å². The molecule has 3 heteroatoms. The van der Waals surface area contributed by atoms with Crippen LogP contribution in [0.25, 0.3) is 0 Å². The molecule has 7 rings (SSSR count). The van der Waals surface area contributed by atoms with E-state index < -0.39 is 0 Å². The van der Waals surface area contributed by atoms with Gasteiger partial charge in [0.1, 0.15) is 0 Å². The molecule has 7 aliphatic rings. The number of hydrogen-bond acceptors (Lipinski definition) is 3. The fraction of sp³-hybridized carbons (Fsp3) is 0.933. The van der Waals surface area contributed by atoms with E-state index in [1.807, 2.05) is 6.92 Å².